The van der Waals surface area contributed by atoms with Crippen LogP contribution < -0.4 is 0 Å². The van der Waals surface area contributed by atoms with Crippen molar-refractivity contribution in [3.05, 3.63) is 0 Å². The Morgan fingerprint density at radius 3 is 2.62 bits per heavy atom. The number of fused-ring (bicyclic) bond motifs is 5. The predicted molar refractivity (Wildman–Crippen MR) is 89.1 cm³/mol. The highest BCUT2D eigenvalue weighted by Gasteiger charge is 2.61. The molecule has 4 aliphatic carbocycles. The van der Waals surface area contributed by atoms with E-state index in [1.165, 1.54) is 19.8 Å². The van der Waals surface area contributed by atoms with E-state index in [1.807, 2.05) is 0 Å². The summed E-state index contributed by atoms with van der Waals surface area (Å²) in [6, 6.07) is 0. The van der Waals surface area contributed by atoms with Crippen LogP contribution in [0.15, 0.2) is 0 Å². The van der Waals surface area contributed by atoms with Crippen LogP contribution in [0.3, 0.4) is 0 Å². The number of Topliss-reactive ketones (excluding diaryl/α,β-unsaturated/α-hetero) is 1. The topological polar surface area (TPSA) is 63.6 Å². The molecule has 4 rings (SSSR count). The molecule has 0 saturated heterocycles. The number of ether oxygens (including phenoxy) is 1. The van der Waals surface area contributed by atoms with Crippen LogP contribution in [0.25, 0.3) is 0 Å². The molecule has 4 nitrogen and oxygen atoms in total. The molecule has 4 saturated carbocycles. The molecule has 134 valence electrons. The Labute approximate surface area is 144 Å². The fourth-order valence-electron chi connectivity index (χ4n) is 6.94. The molecule has 0 spiro atoms. The van der Waals surface area contributed by atoms with Gasteiger partial charge in [-0.15, -0.1) is 0 Å². The number of hydrogen-bond acceptors (Lipinski definition) is 4. The third-order valence-corrected chi connectivity index (χ3v) is 7.96. The first-order valence-corrected chi connectivity index (χ1v) is 9.78. The summed E-state index contributed by atoms with van der Waals surface area (Å²) in [5, 5.41) is 10.00. The maximum atomic E-state index is 12.6. The van der Waals surface area contributed by atoms with E-state index in [1.54, 1.807) is 0 Å². The molecule has 0 aromatic carbocycles. The zero-order chi connectivity index (χ0) is 17.1. The number of aliphatic hydroxyl groups is 1. The summed E-state index contributed by atoms with van der Waals surface area (Å²) in [7, 11) is 0. The molecule has 4 fully saturated rings. The molecule has 0 amide bonds. The minimum Gasteiger partial charge on any atom is -0.454 e. The van der Waals surface area contributed by atoms with Crippen molar-refractivity contribution in [3.63, 3.8) is 0 Å². The molecule has 0 unspecified atom stereocenters. The zero-order valence-electron chi connectivity index (χ0n) is 14.9. The molecule has 0 aliphatic heterocycles. The summed E-state index contributed by atoms with van der Waals surface area (Å²) >= 11 is 0. The van der Waals surface area contributed by atoms with Crippen LogP contribution in [-0.4, -0.2) is 29.1 Å². The predicted octanol–water partition coefficient (Wildman–Crippen LogP) is 3.11. The van der Waals surface area contributed by atoms with Crippen LogP contribution in [0, 0.1) is 35.0 Å². The van der Waals surface area contributed by atoms with Crippen LogP contribution in [0.5, 0.6) is 0 Å². The Morgan fingerprint density at radius 2 is 1.88 bits per heavy atom. The van der Waals surface area contributed by atoms with Crippen molar-refractivity contribution in [1.82, 2.24) is 0 Å². The lowest BCUT2D eigenvalue weighted by Gasteiger charge is -2.55. The van der Waals surface area contributed by atoms with E-state index in [2.05, 4.69) is 6.92 Å². The molecule has 1 N–H and O–H groups in total. The molecular formula is C20H30O4. The third-order valence-electron chi connectivity index (χ3n) is 7.96. The van der Waals surface area contributed by atoms with Gasteiger partial charge in [0.2, 0.25) is 0 Å². The number of rotatable bonds is 1. The minimum absolute atomic E-state index is 0.0990. The summed E-state index contributed by atoms with van der Waals surface area (Å²) in [6.07, 6.45) is 7.57. The highest BCUT2D eigenvalue weighted by Crippen LogP contribution is 2.62. The Balaban J connectivity index is 1.57. The fourth-order valence-corrected chi connectivity index (χ4v) is 6.94. The van der Waals surface area contributed by atoms with E-state index in [0.29, 0.717) is 30.1 Å². The van der Waals surface area contributed by atoms with Crippen molar-refractivity contribution in [1.29, 1.82) is 0 Å². The van der Waals surface area contributed by atoms with Gasteiger partial charge in [-0.3, -0.25) is 9.59 Å². The maximum Gasteiger partial charge on any atom is 0.303 e. The molecule has 4 heteroatoms. The summed E-state index contributed by atoms with van der Waals surface area (Å²) in [5.74, 6) is 2.91. The number of esters is 1. The van der Waals surface area contributed by atoms with Gasteiger partial charge in [0, 0.05) is 18.8 Å². The van der Waals surface area contributed by atoms with Gasteiger partial charge in [0.15, 0.2) is 11.9 Å². The number of ketones is 1. The van der Waals surface area contributed by atoms with Crippen LogP contribution in [0.2, 0.25) is 0 Å². The van der Waals surface area contributed by atoms with Gasteiger partial charge in [-0.25, -0.2) is 0 Å². The lowest BCUT2D eigenvalue weighted by molar-refractivity contribution is -0.162. The standard InChI is InChI=1S/C20H30O4/c1-11(21)24-19-18(23)10-17-16-5-3-12-9-13(22)4-6-14(12)15(16)7-8-20(17,19)2/h12-17,19,22H,3-10H2,1-2H3/t12-,13-,14+,15-,16-,17+,19+,20+/m0/s1. The smallest absolute Gasteiger partial charge is 0.303 e. The average Bonchev–Trinajstić information content (AvgIpc) is 2.78. The van der Waals surface area contributed by atoms with Gasteiger partial charge in [0.1, 0.15) is 0 Å². The largest absolute Gasteiger partial charge is 0.454 e. The van der Waals surface area contributed by atoms with Crippen molar-refractivity contribution in [2.75, 3.05) is 0 Å². The van der Waals surface area contributed by atoms with Crippen molar-refractivity contribution < 1.29 is 19.4 Å². The molecule has 0 bridgehead atoms. The summed E-state index contributed by atoms with van der Waals surface area (Å²) in [5.41, 5.74) is -0.162. The highest BCUT2D eigenvalue weighted by molar-refractivity contribution is 5.89. The van der Waals surface area contributed by atoms with Gasteiger partial charge >= 0.3 is 5.97 Å². The van der Waals surface area contributed by atoms with E-state index in [0.717, 1.165) is 38.0 Å². The second-order valence-corrected chi connectivity index (χ2v) is 9.11. The Morgan fingerprint density at radius 1 is 1.12 bits per heavy atom. The van der Waals surface area contributed by atoms with Crippen LogP contribution in [-0.2, 0) is 14.3 Å². The summed E-state index contributed by atoms with van der Waals surface area (Å²) in [6.45, 7) is 3.59. The number of carbonyl (C=O) groups is 2. The first-order chi connectivity index (χ1) is 11.4. The fraction of sp³-hybridized carbons (Fsp3) is 0.900. The van der Waals surface area contributed by atoms with Crippen LogP contribution >= 0.6 is 0 Å². The molecule has 24 heavy (non-hydrogen) atoms. The van der Waals surface area contributed by atoms with E-state index in [-0.39, 0.29) is 23.3 Å². The summed E-state index contributed by atoms with van der Waals surface area (Å²) in [4.78, 5) is 24.0. The Bertz CT molecular complexity index is 544. The molecular weight excluding hydrogens is 304 g/mol. The minimum atomic E-state index is -0.521. The number of aliphatic hydroxyl groups excluding tert-OH is 1. The maximum absolute atomic E-state index is 12.6. The first kappa shape index (κ1) is 16.6. The van der Waals surface area contributed by atoms with Gasteiger partial charge in [-0.1, -0.05) is 6.92 Å². The van der Waals surface area contributed by atoms with E-state index < -0.39 is 6.10 Å². The Hall–Kier alpha value is -0.900. The van der Waals surface area contributed by atoms with Gasteiger partial charge in [-0.2, -0.15) is 0 Å². The SMILES string of the molecule is CC(=O)O[C@@H]1C(=O)C[C@@H]2[C@H]3CC[C@H]4C[C@@H](O)CC[C@H]4[C@@H]3CC[C@@]12C. The van der Waals surface area contributed by atoms with Gasteiger partial charge in [-0.05, 0) is 74.5 Å². The molecule has 0 radical (unpaired) electrons. The third kappa shape index (κ3) is 2.44. The normalized spacial score (nSPS) is 50.6. The van der Waals surface area contributed by atoms with Gasteiger partial charge in [0.25, 0.3) is 0 Å². The van der Waals surface area contributed by atoms with Crippen molar-refractivity contribution in [3.8, 4) is 0 Å². The second kappa shape index (κ2) is 5.82. The first-order valence-electron chi connectivity index (χ1n) is 9.78. The van der Waals surface area contributed by atoms with Crippen molar-refractivity contribution in [2.24, 2.45) is 35.0 Å². The lowest BCUT2D eigenvalue weighted by Crippen LogP contribution is -2.50. The van der Waals surface area contributed by atoms with E-state index >= 15 is 0 Å². The average molecular weight is 334 g/mol. The quantitative estimate of drug-likeness (QED) is 0.748. The van der Waals surface area contributed by atoms with Gasteiger partial charge in [0.05, 0.1) is 6.10 Å². The zero-order valence-corrected chi connectivity index (χ0v) is 14.9. The molecule has 0 heterocycles. The van der Waals surface area contributed by atoms with E-state index in [4.69, 9.17) is 4.74 Å². The van der Waals surface area contributed by atoms with Crippen molar-refractivity contribution in [2.45, 2.75) is 77.4 Å². The molecule has 8 atom stereocenters. The number of hydrogen-bond donors (Lipinski definition) is 1. The second-order valence-electron chi connectivity index (χ2n) is 9.11. The number of carbonyl (C=O) groups excluding carboxylic acids is 2. The monoisotopic (exact) mass is 334 g/mol. The Kier molecular flexibility index (Phi) is 4.02. The van der Waals surface area contributed by atoms with E-state index in [9.17, 15) is 14.7 Å². The molecule has 4 aliphatic rings. The van der Waals surface area contributed by atoms with Gasteiger partial charge < -0.3 is 9.84 Å². The summed E-state index contributed by atoms with van der Waals surface area (Å²) < 4.78 is 5.47. The van der Waals surface area contributed by atoms with Crippen LogP contribution in [0.4, 0.5) is 0 Å². The lowest BCUT2D eigenvalue weighted by atomic mass is 9.50. The van der Waals surface area contributed by atoms with Crippen molar-refractivity contribution >= 4 is 11.8 Å². The van der Waals surface area contributed by atoms with Crippen LogP contribution in [0.1, 0.15) is 65.2 Å². The highest BCUT2D eigenvalue weighted by atomic mass is 16.5. The molecule has 0 aromatic heterocycles. The molecule has 0 aromatic rings.